The molecule has 32 heavy (non-hydrogen) atoms. The Hall–Kier alpha value is -3.11. The van der Waals surface area contributed by atoms with Crippen molar-refractivity contribution in [3.63, 3.8) is 0 Å². The van der Waals surface area contributed by atoms with E-state index < -0.39 is 0 Å². The molecule has 0 aliphatic carbocycles. The van der Waals surface area contributed by atoms with Gasteiger partial charge in [0, 0.05) is 43.0 Å². The lowest BCUT2D eigenvalue weighted by Gasteiger charge is -2.39. The van der Waals surface area contributed by atoms with Crippen LogP contribution in [0.25, 0.3) is 0 Å². The van der Waals surface area contributed by atoms with Gasteiger partial charge in [0.2, 0.25) is 0 Å². The molecular weight excluding hydrogens is 396 g/mol. The number of ether oxygens (including phenoxy) is 1. The predicted molar refractivity (Wildman–Crippen MR) is 130 cm³/mol. The highest BCUT2D eigenvalue weighted by atomic mass is 16.5. The number of carbonyl (C=O) groups excluding carboxylic acids is 1. The molecule has 1 aliphatic heterocycles. The summed E-state index contributed by atoms with van der Waals surface area (Å²) >= 11 is 0. The van der Waals surface area contributed by atoms with E-state index in [-0.39, 0.29) is 11.9 Å². The molecule has 0 spiro atoms. The van der Waals surface area contributed by atoms with Crippen molar-refractivity contribution in [2.75, 3.05) is 25.1 Å². The molecule has 0 aromatic heterocycles. The monoisotopic (exact) mass is 428 g/mol. The Morgan fingerprint density at radius 3 is 2.19 bits per heavy atom. The van der Waals surface area contributed by atoms with Gasteiger partial charge in [-0.2, -0.15) is 0 Å². The first-order chi connectivity index (χ1) is 15.5. The number of piperidine rings is 1. The summed E-state index contributed by atoms with van der Waals surface area (Å²) in [6, 6.07) is 24.6. The number of methoxy groups -OCH3 is 1. The largest absolute Gasteiger partial charge is 0.497 e. The standard InChI is InChI=1S/C28H32N2O2/c1-21-7-11-23(12-8-21)20-29-17-15-25(16-18-29)30(26-5-4-6-27(19-26)32-3)28(31)24-13-9-22(2)10-14-24/h4-14,19,25H,15-18,20H2,1-3H3. The van der Waals surface area contributed by atoms with Gasteiger partial charge < -0.3 is 9.64 Å². The molecule has 0 N–H and O–H groups in total. The molecule has 0 atom stereocenters. The van der Waals surface area contributed by atoms with Gasteiger partial charge in [-0.05, 0) is 56.5 Å². The third-order valence-corrected chi connectivity index (χ3v) is 6.30. The Morgan fingerprint density at radius 2 is 1.56 bits per heavy atom. The summed E-state index contributed by atoms with van der Waals surface area (Å²) in [6.07, 6.45) is 1.89. The van der Waals surface area contributed by atoms with E-state index in [4.69, 9.17) is 4.74 Å². The summed E-state index contributed by atoms with van der Waals surface area (Å²) in [7, 11) is 1.66. The van der Waals surface area contributed by atoms with Crippen molar-refractivity contribution >= 4 is 11.6 Å². The van der Waals surface area contributed by atoms with Gasteiger partial charge in [0.1, 0.15) is 5.75 Å². The van der Waals surface area contributed by atoms with E-state index >= 15 is 0 Å². The van der Waals surface area contributed by atoms with Crippen LogP contribution in [-0.4, -0.2) is 37.0 Å². The summed E-state index contributed by atoms with van der Waals surface area (Å²) in [5.41, 5.74) is 5.40. The van der Waals surface area contributed by atoms with E-state index in [2.05, 4.69) is 36.1 Å². The van der Waals surface area contributed by atoms with Crippen molar-refractivity contribution in [3.05, 3.63) is 95.1 Å². The van der Waals surface area contributed by atoms with Gasteiger partial charge in [-0.25, -0.2) is 0 Å². The van der Waals surface area contributed by atoms with Gasteiger partial charge in [0.15, 0.2) is 0 Å². The molecule has 0 bridgehead atoms. The first kappa shape index (κ1) is 22.1. The lowest BCUT2D eigenvalue weighted by Crippen LogP contribution is -2.47. The average Bonchev–Trinajstić information content (AvgIpc) is 2.82. The van der Waals surface area contributed by atoms with Crippen LogP contribution in [0.15, 0.2) is 72.8 Å². The Balaban J connectivity index is 1.53. The summed E-state index contributed by atoms with van der Waals surface area (Å²) in [5.74, 6) is 0.816. The SMILES string of the molecule is COc1cccc(N(C(=O)c2ccc(C)cc2)C2CCN(Cc3ccc(C)cc3)CC2)c1. The number of rotatable bonds is 6. The Bertz CT molecular complexity index is 1040. The van der Waals surface area contributed by atoms with Crippen LogP contribution in [0.3, 0.4) is 0 Å². The van der Waals surface area contributed by atoms with E-state index in [0.717, 1.165) is 55.0 Å². The van der Waals surface area contributed by atoms with Gasteiger partial charge in [0.25, 0.3) is 5.91 Å². The van der Waals surface area contributed by atoms with E-state index in [1.807, 2.05) is 60.4 Å². The van der Waals surface area contributed by atoms with Gasteiger partial charge in [0.05, 0.1) is 7.11 Å². The third-order valence-electron chi connectivity index (χ3n) is 6.30. The second kappa shape index (κ2) is 10.0. The number of likely N-dealkylation sites (tertiary alicyclic amines) is 1. The zero-order chi connectivity index (χ0) is 22.5. The van der Waals surface area contributed by atoms with E-state index in [9.17, 15) is 4.79 Å². The molecule has 4 rings (SSSR count). The highest BCUT2D eigenvalue weighted by Gasteiger charge is 2.30. The fourth-order valence-electron chi connectivity index (χ4n) is 4.38. The van der Waals surface area contributed by atoms with Gasteiger partial charge in [-0.1, -0.05) is 53.6 Å². The van der Waals surface area contributed by atoms with Crippen molar-refractivity contribution in [3.8, 4) is 5.75 Å². The molecule has 1 fully saturated rings. The smallest absolute Gasteiger partial charge is 0.258 e. The number of carbonyl (C=O) groups is 1. The maximum Gasteiger partial charge on any atom is 0.258 e. The second-order valence-corrected chi connectivity index (χ2v) is 8.74. The van der Waals surface area contributed by atoms with Crippen molar-refractivity contribution in [1.29, 1.82) is 0 Å². The molecule has 0 saturated carbocycles. The quantitative estimate of drug-likeness (QED) is 0.511. The Morgan fingerprint density at radius 1 is 0.938 bits per heavy atom. The topological polar surface area (TPSA) is 32.8 Å². The highest BCUT2D eigenvalue weighted by molar-refractivity contribution is 6.06. The molecule has 1 aliphatic rings. The summed E-state index contributed by atoms with van der Waals surface area (Å²) in [6.45, 7) is 7.06. The molecule has 0 unspecified atom stereocenters. The molecule has 1 saturated heterocycles. The normalized spacial score (nSPS) is 14.8. The Labute approximate surface area is 191 Å². The minimum Gasteiger partial charge on any atom is -0.497 e. The van der Waals surface area contributed by atoms with Crippen LogP contribution in [0, 0.1) is 13.8 Å². The van der Waals surface area contributed by atoms with Gasteiger partial charge >= 0.3 is 0 Å². The summed E-state index contributed by atoms with van der Waals surface area (Å²) in [5, 5.41) is 0. The van der Waals surface area contributed by atoms with Crippen LogP contribution in [-0.2, 0) is 6.54 Å². The Kier molecular flexibility index (Phi) is 6.91. The first-order valence-corrected chi connectivity index (χ1v) is 11.4. The zero-order valence-electron chi connectivity index (χ0n) is 19.3. The highest BCUT2D eigenvalue weighted by Crippen LogP contribution is 2.29. The van der Waals surface area contributed by atoms with E-state index in [1.165, 1.54) is 11.1 Å². The number of hydrogen-bond acceptors (Lipinski definition) is 3. The maximum atomic E-state index is 13.6. The summed E-state index contributed by atoms with van der Waals surface area (Å²) in [4.78, 5) is 18.1. The number of nitrogens with zero attached hydrogens (tertiary/aromatic N) is 2. The van der Waals surface area contributed by atoms with E-state index in [0.29, 0.717) is 0 Å². The molecule has 1 heterocycles. The number of aryl methyl sites for hydroxylation is 2. The predicted octanol–water partition coefficient (Wildman–Crippen LogP) is 5.62. The molecular formula is C28H32N2O2. The van der Waals surface area contributed by atoms with Crippen molar-refractivity contribution in [2.45, 2.75) is 39.3 Å². The third kappa shape index (κ3) is 5.20. The first-order valence-electron chi connectivity index (χ1n) is 11.4. The van der Waals surface area contributed by atoms with Crippen LogP contribution < -0.4 is 9.64 Å². The van der Waals surface area contributed by atoms with Crippen LogP contribution in [0.5, 0.6) is 5.75 Å². The molecule has 166 valence electrons. The number of anilines is 1. The fraction of sp³-hybridized carbons (Fsp3) is 0.321. The average molecular weight is 429 g/mol. The van der Waals surface area contributed by atoms with Crippen molar-refractivity contribution in [1.82, 2.24) is 4.90 Å². The van der Waals surface area contributed by atoms with E-state index in [1.54, 1.807) is 7.11 Å². The molecule has 3 aromatic rings. The molecule has 0 radical (unpaired) electrons. The number of amides is 1. The second-order valence-electron chi connectivity index (χ2n) is 8.74. The van der Waals surface area contributed by atoms with Crippen LogP contribution in [0.1, 0.15) is 39.9 Å². The maximum absolute atomic E-state index is 13.6. The lowest BCUT2D eigenvalue weighted by atomic mass is 9.99. The van der Waals surface area contributed by atoms with Crippen molar-refractivity contribution < 1.29 is 9.53 Å². The number of benzene rings is 3. The minimum atomic E-state index is 0.0511. The molecule has 3 aromatic carbocycles. The molecule has 1 amide bonds. The minimum absolute atomic E-state index is 0.0511. The molecule has 4 heteroatoms. The summed E-state index contributed by atoms with van der Waals surface area (Å²) < 4.78 is 5.44. The lowest BCUT2D eigenvalue weighted by molar-refractivity contribution is 0.0958. The van der Waals surface area contributed by atoms with Gasteiger partial charge in [-0.15, -0.1) is 0 Å². The van der Waals surface area contributed by atoms with Crippen LogP contribution >= 0.6 is 0 Å². The fourth-order valence-corrected chi connectivity index (χ4v) is 4.38. The van der Waals surface area contributed by atoms with Gasteiger partial charge in [-0.3, -0.25) is 9.69 Å². The molecule has 4 nitrogen and oxygen atoms in total. The number of hydrogen-bond donors (Lipinski definition) is 0. The zero-order valence-corrected chi connectivity index (χ0v) is 19.3. The van der Waals surface area contributed by atoms with Crippen LogP contribution in [0.4, 0.5) is 5.69 Å². The van der Waals surface area contributed by atoms with Crippen molar-refractivity contribution in [2.24, 2.45) is 0 Å². The van der Waals surface area contributed by atoms with Crippen LogP contribution in [0.2, 0.25) is 0 Å².